The number of hydrogen-bond acceptors (Lipinski definition) is 3. The minimum atomic E-state index is -0.938. The first kappa shape index (κ1) is 14.7. The van der Waals surface area contributed by atoms with Gasteiger partial charge in [0.2, 0.25) is 0 Å². The summed E-state index contributed by atoms with van der Waals surface area (Å²) in [4.78, 5) is 10.6. The average Bonchev–Trinajstić information content (AvgIpc) is 2.11. The molecule has 0 fully saturated rings. The van der Waals surface area contributed by atoms with Crippen molar-refractivity contribution in [2.24, 2.45) is 10.5 Å². The van der Waals surface area contributed by atoms with E-state index in [1.54, 1.807) is 12.1 Å². The minimum Gasteiger partial charge on any atom is -0.478 e. The Balaban J connectivity index is 4.93. The van der Waals surface area contributed by atoms with Crippen LogP contribution in [0.25, 0.3) is 0 Å². The van der Waals surface area contributed by atoms with Gasteiger partial charge in [-0.1, -0.05) is 27.7 Å². The van der Waals surface area contributed by atoms with Crippen LogP contribution in [0.4, 0.5) is 0 Å². The highest BCUT2D eigenvalue weighted by Crippen LogP contribution is 2.17. The Morgan fingerprint density at radius 3 is 2.25 bits per heavy atom. The van der Waals surface area contributed by atoms with E-state index in [2.05, 4.69) is 25.9 Å². The SMILES string of the molecule is CC/C(=C\C(=O)O)N(C)N=C(C)C(C)(C)C. The fraction of sp³-hybridized carbons (Fsp3) is 0.667. The monoisotopic (exact) mass is 226 g/mol. The van der Waals surface area contributed by atoms with Crippen molar-refractivity contribution in [2.75, 3.05) is 7.05 Å². The van der Waals surface area contributed by atoms with Crippen LogP contribution >= 0.6 is 0 Å². The quantitative estimate of drug-likeness (QED) is 0.455. The lowest BCUT2D eigenvalue weighted by molar-refractivity contribution is -0.131. The van der Waals surface area contributed by atoms with Crippen LogP contribution in [0.15, 0.2) is 16.9 Å². The molecule has 0 spiro atoms. The van der Waals surface area contributed by atoms with Gasteiger partial charge in [-0.15, -0.1) is 0 Å². The van der Waals surface area contributed by atoms with E-state index in [1.807, 2.05) is 13.8 Å². The van der Waals surface area contributed by atoms with Crippen LogP contribution < -0.4 is 0 Å². The molecule has 0 aromatic rings. The second-order valence-electron chi connectivity index (χ2n) is 4.79. The van der Waals surface area contributed by atoms with Crippen molar-refractivity contribution in [3.05, 3.63) is 11.8 Å². The van der Waals surface area contributed by atoms with E-state index in [-0.39, 0.29) is 5.41 Å². The van der Waals surface area contributed by atoms with Crippen molar-refractivity contribution >= 4 is 11.7 Å². The zero-order valence-electron chi connectivity index (χ0n) is 11.0. The summed E-state index contributed by atoms with van der Waals surface area (Å²) in [5.41, 5.74) is 1.66. The molecule has 0 atom stereocenters. The third-order valence-electron chi connectivity index (χ3n) is 2.45. The molecule has 0 amide bonds. The summed E-state index contributed by atoms with van der Waals surface area (Å²) in [6, 6.07) is 0. The molecule has 4 heteroatoms. The maximum absolute atomic E-state index is 10.6. The summed E-state index contributed by atoms with van der Waals surface area (Å²) in [7, 11) is 1.77. The Hall–Kier alpha value is -1.32. The Kier molecular flexibility index (Phi) is 5.21. The van der Waals surface area contributed by atoms with Crippen LogP contribution in [0.2, 0.25) is 0 Å². The Morgan fingerprint density at radius 2 is 1.94 bits per heavy atom. The number of aliphatic carboxylic acids is 1. The molecule has 0 aliphatic carbocycles. The van der Waals surface area contributed by atoms with Crippen molar-refractivity contribution < 1.29 is 9.90 Å². The molecule has 0 radical (unpaired) electrons. The first-order valence-electron chi connectivity index (χ1n) is 5.41. The van der Waals surface area contributed by atoms with E-state index in [4.69, 9.17) is 5.11 Å². The van der Waals surface area contributed by atoms with Crippen LogP contribution in [0.5, 0.6) is 0 Å². The molecule has 0 heterocycles. The largest absolute Gasteiger partial charge is 0.478 e. The van der Waals surface area contributed by atoms with Crippen LogP contribution in [-0.2, 0) is 4.79 Å². The Morgan fingerprint density at radius 1 is 1.44 bits per heavy atom. The fourth-order valence-electron chi connectivity index (χ4n) is 1.01. The highest BCUT2D eigenvalue weighted by molar-refractivity contribution is 5.86. The first-order chi connectivity index (χ1) is 7.18. The van der Waals surface area contributed by atoms with E-state index in [9.17, 15) is 4.79 Å². The predicted octanol–water partition coefficient (Wildman–Crippen LogP) is 2.72. The average molecular weight is 226 g/mol. The molecule has 0 saturated heterocycles. The van der Waals surface area contributed by atoms with Gasteiger partial charge in [-0.3, -0.25) is 5.01 Å². The van der Waals surface area contributed by atoms with Gasteiger partial charge in [0.25, 0.3) is 0 Å². The summed E-state index contributed by atoms with van der Waals surface area (Å²) < 4.78 is 0. The molecule has 92 valence electrons. The van der Waals surface area contributed by atoms with Crippen molar-refractivity contribution in [3.63, 3.8) is 0 Å². The lowest BCUT2D eigenvalue weighted by Crippen LogP contribution is -2.22. The van der Waals surface area contributed by atoms with Gasteiger partial charge in [0.1, 0.15) is 0 Å². The highest BCUT2D eigenvalue weighted by atomic mass is 16.4. The number of hydrogen-bond donors (Lipinski definition) is 1. The van der Waals surface area contributed by atoms with Crippen molar-refractivity contribution in [3.8, 4) is 0 Å². The molecular weight excluding hydrogens is 204 g/mol. The number of rotatable bonds is 4. The van der Waals surface area contributed by atoms with Crippen LogP contribution in [0, 0.1) is 5.41 Å². The molecule has 0 saturated carbocycles. The third kappa shape index (κ3) is 4.96. The second kappa shape index (κ2) is 5.68. The van der Waals surface area contributed by atoms with Gasteiger partial charge in [-0.25, -0.2) is 4.79 Å². The molecule has 0 aliphatic heterocycles. The van der Waals surface area contributed by atoms with Gasteiger partial charge in [-0.2, -0.15) is 5.10 Å². The number of hydrazone groups is 1. The lowest BCUT2D eigenvalue weighted by Gasteiger charge is -2.23. The molecule has 4 nitrogen and oxygen atoms in total. The third-order valence-corrected chi connectivity index (χ3v) is 2.45. The van der Waals surface area contributed by atoms with Gasteiger partial charge in [0.05, 0.1) is 0 Å². The molecule has 0 aliphatic rings. The molecule has 0 bridgehead atoms. The summed E-state index contributed by atoms with van der Waals surface area (Å²) in [6.07, 6.45) is 1.84. The topological polar surface area (TPSA) is 52.9 Å². The summed E-state index contributed by atoms with van der Waals surface area (Å²) in [5, 5.41) is 14.7. The molecular formula is C12H22N2O2. The van der Waals surface area contributed by atoms with E-state index in [0.717, 1.165) is 5.71 Å². The zero-order chi connectivity index (χ0) is 12.9. The van der Waals surface area contributed by atoms with Gasteiger partial charge in [-0.05, 0) is 13.3 Å². The number of carbonyl (C=O) groups is 1. The number of carboxylic acid groups (broad SMARTS) is 1. The van der Waals surface area contributed by atoms with Crippen molar-refractivity contribution in [2.45, 2.75) is 41.0 Å². The van der Waals surface area contributed by atoms with Gasteiger partial charge >= 0.3 is 5.97 Å². The molecule has 0 rings (SSSR count). The molecule has 1 N–H and O–H groups in total. The van der Waals surface area contributed by atoms with Gasteiger partial charge < -0.3 is 5.11 Å². The Bertz CT molecular complexity index is 311. The highest BCUT2D eigenvalue weighted by Gasteiger charge is 2.15. The van der Waals surface area contributed by atoms with E-state index in [1.165, 1.54) is 6.08 Å². The summed E-state index contributed by atoms with van der Waals surface area (Å²) in [6.45, 7) is 10.1. The number of carboxylic acids is 1. The number of nitrogens with zero attached hydrogens (tertiary/aromatic N) is 2. The van der Waals surface area contributed by atoms with Crippen LogP contribution in [0.1, 0.15) is 41.0 Å². The van der Waals surface area contributed by atoms with E-state index < -0.39 is 5.97 Å². The number of allylic oxidation sites excluding steroid dienone is 1. The van der Waals surface area contributed by atoms with Crippen LogP contribution in [0.3, 0.4) is 0 Å². The van der Waals surface area contributed by atoms with Crippen LogP contribution in [-0.4, -0.2) is 28.8 Å². The van der Waals surface area contributed by atoms with E-state index in [0.29, 0.717) is 12.1 Å². The molecule has 0 aromatic carbocycles. The molecule has 0 unspecified atom stereocenters. The fourth-order valence-corrected chi connectivity index (χ4v) is 1.01. The molecule has 16 heavy (non-hydrogen) atoms. The summed E-state index contributed by atoms with van der Waals surface area (Å²) in [5.74, 6) is -0.938. The van der Waals surface area contributed by atoms with E-state index >= 15 is 0 Å². The zero-order valence-corrected chi connectivity index (χ0v) is 11.0. The van der Waals surface area contributed by atoms with Gasteiger partial charge in [0.15, 0.2) is 0 Å². The normalized spacial score (nSPS) is 13.9. The minimum absolute atomic E-state index is 0.00364. The second-order valence-corrected chi connectivity index (χ2v) is 4.79. The van der Waals surface area contributed by atoms with Gasteiger partial charge in [0, 0.05) is 29.9 Å². The predicted molar refractivity (Wildman–Crippen MR) is 66.3 cm³/mol. The first-order valence-corrected chi connectivity index (χ1v) is 5.41. The maximum atomic E-state index is 10.6. The standard InChI is InChI=1S/C12H22N2O2/c1-7-10(8-11(15)16)14(6)13-9(2)12(3,4)5/h8H,7H2,1-6H3,(H,15,16)/b10-8+,13-9?. The lowest BCUT2D eigenvalue weighted by atomic mass is 9.91. The van der Waals surface area contributed by atoms with Crippen molar-refractivity contribution in [1.29, 1.82) is 0 Å². The Labute approximate surface area is 97.6 Å². The van der Waals surface area contributed by atoms with Crippen molar-refractivity contribution in [1.82, 2.24) is 5.01 Å². The smallest absolute Gasteiger partial charge is 0.330 e. The maximum Gasteiger partial charge on any atom is 0.330 e. The summed E-state index contributed by atoms with van der Waals surface area (Å²) >= 11 is 0. The molecule has 0 aromatic heterocycles.